The minimum absolute atomic E-state index is 0.102. The Labute approximate surface area is 181 Å². The summed E-state index contributed by atoms with van der Waals surface area (Å²) in [5.41, 5.74) is 2.61. The molecule has 1 amide bonds. The predicted molar refractivity (Wildman–Crippen MR) is 117 cm³/mol. The number of benzene rings is 2. The van der Waals surface area contributed by atoms with Gasteiger partial charge in [-0.15, -0.1) is 0 Å². The Morgan fingerprint density at radius 3 is 2.68 bits per heavy atom. The van der Waals surface area contributed by atoms with Crippen molar-refractivity contribution in [3.8, 4) is 11.5 Å². The van der Waals surface area contributed by atoms with Crippen LogP contribution >= 0.6 is 0 Å². The highest BCUT2D eigenvalue weighted by molar-refractivity contribution is 6.09. The van der Waals surface area contributed by atoms with Gasteiger partial charge in [0.25, 0.3) is 0 Å². The Kier molecular flexibility index (Phi) is 5.37. The van der Waals surface area contributed by atoms with Crippen LogP contribution in [0.4, 0.5) is 0 Å². The van der Waals surface area contributed by atoms with E-state index in [1.165, 1.54) is 6.42 Å². The van der Waals surface area contributed by atoms with E-state index in [-0.39, 0.29) is 30.9 Å². The monoisotopic (exact) mass is 418 g/mol. The molecule has 2 aliphatic rings. The van der Waals surface area contributed by atoms with Gasteiger partial charge >= 0.3 is 0 Å². The van der Waals surface area contributed by atoms with Crippen LogP contribution < -0.4 is 14.8 Å². The third-order valence-corrected chi connectivity index (χ3v) is 6.27. The second-order valence-corrected chi connectivity index (χ2v) is 8.35. The summed E-state index contributed by atoms with van der Waals surface area (Å²) in [5.74, 6) is 1.65. The van der Waals surface area contributed by atoms with Crippen molar-refractivity contribution in [1.82, 2.24) is 9.88 Å². The zero-order valence-corrected chi connectivity index (χ0v) is 17.4. The van der Waals surface area contributed by atoms with Crippen LogP contribution in [0.5, 0.6) is 11.5 Å². The zero-order chi connectivity index (χ0) is 21.2. The molecular weight excluding hydrogens is 392 g/mol. The first-order valence-electron chi connectivity index (χ1n) is 11.0. The number of Topliss-reactive ketones (excluding diaryl/α,β-unsaturated/α-hetero) is 1. The molecule has 5 rings (SSSR count). The van der Waals surface area contributed by atoms with E-state index < -0.39 is 0 Å². The van der Waals surface area contributed by atoms with Gasteiger partial charge in [0.2, 0.25) is 12.7 Å². The van der Waals surface area contributed by atoms with Crippen molar-refractivity contribution < 1.29 is 19.1 Å². The maximum atomic E-state index is 13.2. The summed E-state index contributed by atoms with van der Waals surface area (Å²) >= 11 is 0. The molecule has 0 bridgehead atoms. The van der Waals surface area contributed by atoms with Crippen LogP contribution in [0.3, 0.4) is 0 Å². The summed E-state index contributed by atoms with van der Waals surface area (Å²) in [6.45, 7) is 0.805. The number of ketones is 1. The van der Waals surface area contributed by atoms with Crippen LogP contribution in [0.15, 0.2) is 48.7 Å². The summed E-state index contributed by atoms with van der Waals surface area (Å²) in [6.07, 6.45) is 7.26. The van der Waals surface area contributed by atoms with E-state index in [0.717, 1.165) is 53.5 Å². The number of hydrogen-bond donors (Lipinski definition) is 1. The van der Waals surface area contributed by atoms with Crippen LogP contribution in [-0.4, -0.2) is 23.1 Å². The molecule has 0 radical (unpaired) electrons. The molecule has 31 heavy (non-hydrogen) atoms. The lowest BCUT2D eigenvalue weighted by Gasteiger charge is -2.19. The fraction of sp³-hybridized carbons (Fsp3) is 0.360. The average molecular weight is 418 g/mol. The van der Waals surface area contributed by atoms with E-state index >= 15 is 0 Å². The summed E-state index contributed by atoms with van der Waals surface area (Å²) in [4.78, 5) is 25.9. The Balaban J connectivity index is 1.30. The molecule has 6 nitrogen and oxygen atoms in total. The topological polar surface area (TPSA) is 69.6 Å². The number of carbonyl (C=O) groups is 2. The Morgan fingerprint density at radius 1 is 1.00 bits per heavy atom. The van der Waals surface area contributed by atoms with Gasteiger partial charge in [0, 0.05) is 35.1 Å². The SMILES string of the molecule is O=C(Cn1cc(C(=O)C2CCCCC2)c2ccccc21)NCc1ccc2c(c1)OCO2. The molecule has 1 N–H and O–H groups in total. The van der Waals surface area contributed by atoms with Gasteiger partial charge in [-0.1, -0.05) is 43.5 Å². The standard InChI is InChI=1S/C25H26N2O4/c28-24(26-13-17-10-11-22-23(12-17)31-16-30-22)15-27-14-20(19-8-4-5-9-21(19)27)25(29)18-6-2-1-3-7-18/h4-5,8-12,14,18H,1-3,6-7,13,15-16H2,(H,26,28). The fourth-order valence-corrected chi connectivity index (χ4v) is 4.62. The number of para-hydroxylation sites is 1. The molecule has 1 fully saturated rings. The maximum absolute atomic E-state index is 13.2. The van der Waals surface area contributed by atoms with Crippen LogP contribution in [0.1, 0.15) is 48.0 Å². The number of aromatic nitrogens is 1. The summed E-state index contributed by atoms with van der Waals surface area (Å²) in [6, 6.07) is 13.5. The van der Waals surface area contributed by atoms with Crippen molar-refractivity contribution in [2.24, 2.45) is 5.92 Å². The molecule has 0 unspecified atom stereocenters. The largest absolute Gasteiger partial charge is 0.454 e. The van der Waals surface area contributed by atoms with Crippen molar-refractivity contribution in [2.75, 3.05) is 6.79 Å². The van der Waals surface area contributed by atoms with Crippen molar-refractivity contribution in [2.45, 2.75) is 45.2 Å². The molecule has 2 heterocycles. The smallest absolute Gasteiger partial charge is 0.240 e. The molecule has 0 atom stereocenters. The fourth-order valence-electron chi connectivity index (χ4n) is 4.62. The van der Waals surface area contributed by atoms with Gasteiger partial charge in [0.05, 0.1) is 0 Å². The Bertz CT molecular complexity index is 1130. The van der Waals surface area contributed by atoms with Gasteiger partial charge in [-0.2, -0.15) is 0 Å². The van der Waals surface area contributed by atoms with Gasteiger partial charge in [-0.05, 0) is 36.6 Å². The minimum Gasteiger partial charge on any atom is -0.454 e. The lowest BCUT2D eigenvalue weighted by Crippen LogP contribution is -2.26. The number of rotatable bonds is 6. The quantitative estimate of drug-likeness (QED) is 0.601. The van der Waals surface area contributed by atoms with Crippen LogP contribution in [0, 0.1) is 5.92 Å². The van der Waals surface area contributed by atoms with Gasteiger partial charge in [0.15, 0.2) is 17.3 Å². The summed E-state index contributed by atoms with van der Waals surface area (Å²) < 4.78 is 12.6. The van der Waals surface area contributed by atoms with Crippen molar-refractivity contribution in [1.29, 1.82) is 0 Å². The molecule has 1 aliphatic carbocycles. The second kappa shape index (κ2) is 8.46. The molecule has 1 aliphatic heterocycles. The van der Waals surface area contributed by atoms with E-state index in [2.05, 4.69) is 5.32 Å². The molecule has 0 spiro atoms. The first-order valence-corrected chi connectivity index (χ1v) is 11.0. The number of carbonyl (C=O) groups excluding carboxylic acids is 2. The van der Waals surface area contributed by atoms with Crippen molar-refractivity contribution >= 4 is 22.6 Å². The first kappa shape index (κ1) is 19.7. The van der Waals surface area contributed by atoms with E-state index in [0.29, 0.717) is 12.3 Å². The van der Waals surface area contributed by atoms with Crippen LogP contribution in [0.2, 0.25) is 0 Å². The highest BCUT2D eigenvalue weighted by Crippen LogP contribution is 2.33. The molecule has 0 saturated heterocycles. The molecule has 1 aromatic heterocycles. The van der Waals surface area contributed by atoms with Gasteiger partial charge in [-0.25, -0.2) is 0 Å². The highest BCUT2D eigenvalue weighted by atomic mass is 16.7. The van der Waals surface area contributed by atoms with Crippen molar-refractivity contribution in [3.63, 3.8) is 0 Å². The normalized spacial score (nSPS) is 15.9. The first-order chi connectivity index (χ1) is 15.2. The van der Waals surface area contributed by atoms with Gasteiger partial charge < -0.3 is 19.4 Å². The maximum Gasteiger partial charge on any atom is 0.240 e. The van der Waals surface area contributed by atoms with Crippen molar-refractivity contribution in [3.05, 3.63) is 59.8 Å². The lowest BCUT2D eigenvalue weighted by molar-refractivity contribution is -0.121. The number of fused-ring (bicyclic) bond motifs is 2. The molecule has 3 aromatic rings. The van der Waals surface area contributed by atoms with E-state index in [1.54, 1.807) is 0 Å². The number of hydrogen-bond acceptors (Lipinski definition) is 4. The predicted octanol–water partition coefficient (Wildman–Crippen LogP) is 4.45. The third-order valence-electron chi connectivity index (χ3n) is 6.27. The van der Waals surface area contributed by atoms with Crippen LogP contribution in [0.25, 0.3) is 10.9 Å². The number of nitrogens with one attached hydrogen (secondary N) is 1. The average Bonchev–Trinajstić information content (AvgIpc) is 3.42. The molecule has 6 heteroatoms. The number of amides is 1. The summed E-state index contributed by atoms with van der Waals surface area (Å²) in [7, 11) is 0. The number of ether oxygens (including phenoxy) is 2. The molecular formula is C25H26N2O4. The highest BCUT2D eigenvalue weighted by Gasteiger charge is 2.25. The van der Waals surface area contributed by atoms with E-state index in [9.17, 15) is 9.59 Å². The lowest BCUT2D eigenvalue weighted by atomic mass is 9.84. The zero-order valence-electron chi connectivity index (χ0n) is 17.4. The van der Waals surface area contributed by atoms with E-state index in [1.807, 2.05) is 53.2 Å². The molecule has 1 saturated carbocycles. The van der Waals surface area contributed by atoms with Gasteiger partial charge in [-0.3, -0.25) is 9.59 Å². The number of nitrogens with zero attached hydrogens (tertiary/aromatic N) is 1. The molecule has 2 aromatic carbocycles. The minimum atomic E-state index is -0.102. The van der Waals surface area contributed by atoms with E-state index in [4.69, 9.17) is 9.47 Å². The third kappa shape index (κ3) is 4.02. The second-order valence-electron chi connectivity index (χ2n) is 8.35. The van der Waals surface area contributed by atoms with Gasteiger partial charge in [0.1, 0.15) is 6.54 Å². The Hall–Kier alpha value is -3.28. The summed E-state index contributed by atoms with van der Waals surface area (Å²) in [5, 5.41) is 3.90. The Morgan fingerprint density at radius 2 is 1.81 bits per heavy atom. The van der Waals surface area contributed by atoms with Crippen LogP contribution in [-0.2, 0) is 17.9 Å². The molecule has 160 valence electrons.